The summed E-state index contributed by atoms with van der Waals surface area (Å²) in [6, 6.07) is 6.42. The second-order valence-electron chi connectivity index (χ2n) is 8.05. The lowest BCUT2D eigenvalue weighted by atomic mass is 10.1. The van der Waals surface area contributed by atoms with Crippen molar-refractivity contribution in [2.45, 2.75) is 57.9 Å². The average Bonchev–Trinajstić information content (AvgIpc) is 3.30. The predicted octanol–water partition coefficient (Wildman–Crippen LogP) is 4.92. The molecule has 0 aliphatic carbocycles. The fourth-order valence-electron chi connectivity index (χ4n) is 3.17. The van der Waals surface area contributed by atoms with E-state index in [1.165, 1.54) is 0 Å². The molecule has 0 N–H and O–H groups in total. The lowest BCUT2D eigenvalue weighted by Crippen LogP contribution is -2.40. The first kappa shape index (κ1) is 21.9. The molecular formula is C20H24F3N3O4. The quantitative estimate of drug-likeness (QED) is 0.674. The van der Waals surface area contributed by atoms with Gasteiger partial charge in [-0.1, -0.05) is 5.16 Å². The Bertz CT molecular complexity index is 859. The number of rotatable bonds is 5. The van der Waals surface area contributed by atoms with Crippen molar-refractivity contribution < 1.29 is 32.0 Å². The van der Waals surface area contributed by atoms with Crippen molar-refractivity contribution in [2.75, 3.05) is 13.2 Å². The fourth-order valence-corrected chi connectivity index (χ4v) is 3.17. The Morgan fingerprint density at radius 3 is 2.53 bits per heavy atom. The minimum Gasteiger partial charge on any atom is -0.494 e. The SMILES string of the molecule is CC(C)(C)OC(=O)N1CCC[C@H]1CCOc1ccc(-c2noc(C(F)(F)F)n2)cc1. The van der Waals surface area contributed by atoms with Gasteiger partial charge in [0.25, 0.3) is 0 Å². The summed E-state index contributed by atoms with van der Waals surface area (Å²) in [6.45, 7) is 6.56. The maximum Gasteiger partial charge on any atom is 0.471 e. The summed E-state index contributed by atoms with van der Waals surface area (Å²) in [7, 11) is 0. The molecule has 2 heterocycles. The van der Waals surface area contributed by atoms with Crippen molar-refractivity contribution in [1.82, 2.24) is 15.0 Å². The largest absolute Gasteiger partial charge is 0.494 e. The zero-order chi connectivity index (χ0) is 21.9. The number of carbonyl (C=O) groups is 1. The number of carbonyl (C=O) groups excluding carboxylic acids is 1. The summed E-state index contributed by atoms with van der Waals surface area (Å²) in [5.74, 6) is -0.975. The monoisotopic (exact) mass is 427 g/mol. The van der Waals surface area contributed by atoms with Crippen LogP contribution in [0.1, 0.15) is 45.9 Å². The first-order valence-electron chi connectivity index (χ1n) is 9.67. The Morgan fingerprint density at radius 1 is 1.23 bits per heavy atom. The molecule has 1 aromatic heterocycles. The summed E-state index contributed by atoms with van der Waals surface area (Å²) in [5.41, 5.74) is -0.157. The van der Waals surface area contributed by atoms with Crippen LogP contribution in [0.2, 0.25) is 0 Å². The van der Waals surface area contributed by atoms with Crippen LogP contribution in [-0.4, -0.2) is 45.9 Å². The summed E-state index contributed by atoms with van der Waals surface area (Å²) >= 11 is 0. The van der Waals surface area contributed by atoms with Crippen LogP contribution >= 0.6 is 0 Å². The van der Waals surface area contributed by atoms with Crippen LogP contribution < -0.4 is 4.74 Å². The molecule has 0 spiro atoms. The highest BCUT2D eigenvalue weighted by Crippen LogP contribution is 2.30. The molecule has 1 fully saturated rings. The van der Waals surface area contributed by atoms with Crippen molar-refractivity contribution >= 4 is 6.09 Å². The van der Waals surface area contributed by atoms with Crippen LogP contribution in [0.4, 0.5) is 18.0 Å². The van der Waals surface area contributed by atoms with E-state index in [0.717, 1.165) is 12.8 Å². The van der Waals surface area contributed by atoms with Gasteiger partial charge in [-0.05, 0) is 57.9 Å². The van der Waals surface area contributed by atoms with Gasteiger partial charge in [0.05, 0.1) is 6.61 Å². The molecule has 0 bridgehead atoms. The van der Waals surface area contributed by atoms with E-state index in [4.69, 9.17) is 9.47 Å². The number of ether oxygens (including phenoxy) is 2. The van der Waals surface area contributed by atoms with Gasteiger partial charge in [-0.25, -0.2) is 4.79 Å². The lowest BCUT2D eigenvalue weighted by molar-refractivity contribution is -0.159. The highest BCUT2D eigenvalue weighted by Gasteiger charge is 2.38. The smallest absolute Gasteiger partial charge is 0.471 e. The number of hydrogen-bond donors (Lipinski definition) is 0. The Labute approximate surface area is 172 Å². The van der Waals surface area contributed by atoms with Crippen LogP contribution in [0.5, 0.6) is 5.75 Å². The van der Waals surface area contributed by atoms with Gasteiger partial charge in [-0.15, -0.1) is 0 Å². The maximum atomic E-state index is 12.6. The first-order chi connectivity index (χ1) is 14.0. The predicted molar refractivity (Wildman–Crippen MR) is 101 cm³/mol. The Kier molecular flexibility index (Phi) is 6.23. The number of amides is 1. The Morgan fingerprint density at radius 2 is 1.93 bits per heavy atom. The molecule has 1 atom stereocenters. The van der Waals surface area contributed by atoms with Gasteiger partial charge in [-0.2, -0.15) is 18.2 Å². The lowest BCUT2D eigenvalue weighted by Gasteiger charge is -2.28. The van der Waals surface area contributed by atoms with Crippen LogP contribution in [-0.2, 0) is 10.9 Å². The van der Waals surface area contributed by atoms with Crippen molar-refractivity contribution in [3.05, 3.63) is 30.2 Å². The van der Waals surface area contributed by atoms with Gasteiger partial charge in [0.2, 0.25) is 5.82 Å². The van der Waals surface area contributed by atoms with Crippen molar-refractivity contribution in [2.24, 2.45) is 0 Å². The third-order valence-corrected chi connectivity index (χ3v) is 4.51. The molecule has 1 aromatic carbocycles. The van der Waals surface area contributed by atoms with Gasteiger partial charge in [0.15, 0.2) is 0 Å². The zero-order valence-corrected chi connectivity index (χ0v) is 17.0. The second-order valence-corrected chi connectivity index (χ2v) is 8.05. The van der Waals surface area contributed by atoms with E-state index in [1.54, 1.807) is 29.2 Å². The standard InChI is InChI=1S/C20H24F3N3O4/c1-19(2,3)29-18(27)26-11-4-5-14(26)10-12-28-15-8-6-13(7-9-15)16-24-17(30-25-16)20(21,22)23/h6-9,14H,4-5,10-12H2,1-3H3/t14-/m0/s1. The Balaban J connectivity index is 1.52. The molecule has 164 valence electrons. The topological polar surface area (TPSA) is 77.7 Å². The van der Waals surface area contributed by atoms with E-state index in [2.05, 4.69) is 14.7 Å². The van der Waals surface area contributed by atoms with Crippen LogP contribution in [0, 0.1) is 0 Å². The van der Waals surface area contributed by atoms with Gasteiger partial charge in [0.1, 0.15) is 11.4 Å². The number of aromatic nitrogens is 2. The Hall–Kier alpha value is -2.78. The molecular weight excluding hydrogens is 403 g/mol. The number of nitrogens with zero attached hydrogens (tertiary/aromatic N) is 3. The summed E-state index contributed by atoms with van der Waals surface area (Å²) < 4.78 is 53.1. The molecule has 3 rings (SSSR count). The second kappa shape index (κ2) is 8.53. The number of halogens is 3. The molecule has 1 aliphatic rings. The third-order valence-electron chi connectivity index (χ3n) is 4.51. The van der Waals surface area contributed by atoms with E-state index in [9.17, 15) is 18.0 Å². The zero-order valence-electron chi connectivity index (χ0n) is 17.0. The molecule has 10 heteroatoms. The third kappa shape index (κ3) is 5.64. The van der Waals surface area contributed by atoms with Gasteiger partial charge in [-0.3, -0.25) is 0 Å². The van der Waals surface area contributed by atoms with E-state index in [1.807, 2.05) is 20.8 Å². The van der Waals surface area contributed by atoms with E-state index < -0.39 is 17.7 Å². The summed E-state index contributed by atoms with van der Waals surface area (Å²) in [5, 5.41) is 3.35. The van der Waals surface area contributed by atoms with Gasteiger partial charge >= 0.3 is 18.2 Å². The van der Waals surface area contributed by atoms with E-state index >= 15 is 0 Å². The highest BCUT2D eigenvalue weighted by atomic mass is 19.4. The molecule has 0 unspecified atom stereocenters. The van der Waals surface area contributed by atoms with Crippen LogP contribution in [0.25, 0.3) is 11.4 Å². The van der Waals surface area contributed by atoms with Crippen LogP contribution in [0.3, 0.4) is 0 Å². The van der Waals surface area contributed by atoms with Crippen molar-refractivity contribution in [3.63, 3.8) is 0 Å². The van der Waals surface area contributed by atoms with Gasteiger partial charge < -0.3 is 18.9 Å². The minimum atomic E-state index is -4.68. The molecule has 0 saturated carbocycles. The summed E-state index contributed by atoms with van der Waals surface area (Å²) in [6.07, 6.45) is -2.53. The number of likely N-dealkylation sites (tertiary alicyclic amines) is 1. The fraction of sp³-hybridized carbons (Fsp3) is 0.550. The number of alkyl halides is 3. The molecule has 2 aromatic rings. The van der Waals surface area contributed by atoms with Gasteiger partial charge in [0, 0.05) is 24.6 Å². The number of benzene rings is 1. The molecule has 7 nitrogen and oxygen atoms in total. The first-order valence-corrected chi connectivity index (χ1v) is 9.67. The normalized spacial score (nSPS) is 17.3. The molecule has 0 radical (unpaired) electrons. The van der Waals surface area contributed by atoms with Crippen molar-refractivity contribution in [1.29, 1.82) is 0 Å². The molecule has 30 heavy (non-hydrogen) atoms. The molecule has 1 aliphatic heterocycles. The van der Waals surface area contributed by atoms with Crippen LogP contribution in [0.15, 0.2) is 28.8 Å². The minimum absolute atomic E-state index is 0.0549. The molecule has 1 amide bonds. The van der Waals surface area contributed by atoms with E-state index in [0.29, 0.717) is 30.9 Å². The maximum absolute atomic E-state index is 12.6. The highest BCUT2D eigenvalue weighted by molar-refractivity contribution is 5.68. The van der Waals surface area contributed by atoms with E-state index in [-0.39, 0.29) is 18.0 Å². The van der Waals surface area contributed by atoms with Crippen molar-refractivity contribution in [3.8, 4) is 17.1 Å². The average molecular weight is 427 g/mol. The number of hydrogen-bond acceptors (Lipinski definition) is 6. The molecule has 1 saturated heterocycles. The summed E-state index contributed by atoms with van der Waals surface area (Å²) in [4.78, 5) is 17.4.